The molecule has 0 spiro atoms. The van der Waals surface area contributed by atoms with E-state index in [1.54, 1.807) is 47.1 Å². The lowest BCUT2D eigenvalue weighted by Gasteiger charge is -2.21. The van der Waals surface area contributed by atoms with Crippen molar-refractivity contribution in [3.8, 4) is 5.75 Å². The summed E-state index contributed by atoms with van der Waals surface area (Å²) < 4.78 is 30.5. The number of aromatic nitrogens is 4. The molecule has 2 atom stereocenters. The molecule has 2 heterocycles. The van der Waals surface area contributed by atoms with Crippen LogP contribution in [-0.2, 0) is 25.2 Å². The number of H-pyrrole nitrogens is 1. The number of esters is 1. The van der Waals surface area contributed by atoms with Crippen molar-refractivity contribution in [1.82, 2.24) is 24.6 Å². The summed E-state index contributed by atoms with van der Waals surface area (Å²) >= 11 is 0. The zero-order chi connectivity index (χ0) is 22.3. The average Bonchev–Trinajstić information content (AvgIpc) is 3.18. The van der Waals surface area contributed by atoms with Gasteiger partial charge in [-0.3, -0.25) is 14.1 Å². The standard InChI is InChI=1S/C19H22N5O6P/c1-14(19(26)28-2)23-31(27,30-15-8-4-3-5-9-15)29-11-7-6-10-24-13-22-16-17(24)20-12-21-18(16)25/h3-9,12-14H,10-11H2,1-2H3,(H,23,27)(H,20,21,25)/b7-6-. The molecule has 0 aliphatic carbocycles. The van der Waals surface area contributed by atoms with Crippen LogP contribution >= 0.6 is 7.75 Å². The summed E-state index contributed by atoms with van der Waals surface area (Å²) in [4.78, 5) is 34.0. The predicted octanol–water partition coefficient (Wildman–Crippen LogP) is 2.03. The molecule has 3 rings (SSSR count). The topological polar surface area (TPSA) is 137 Å². The van der Waals surface area contributed by atoms with E-state index in [1.807, 2.05) is 0 Å². The maximum atomic E-state index is 13.2. The van der Waals surface area contributed by atoms with Gasteiger partial charge in [-0.2, -0.15) is 5.09 Å². The molecule has 1 aromatic carbocycles. The molecule has 0 saturated carbocycles. The third-order valence-electron chi connectivity index (χ3n) is 4.09. The maximum absolute atomic E-state index is 13.2. The number of benzene rings is 1. The van der Waals surface area contributed by atoms with E-state index in [9.17, 15) is 14.2 Å². The summed E-state index contributed by atoms with van der Waals surface area (Å²) in [7, 11) is -2.66. The lowest BCUT2D eigenvalue weighted by Crippen LogP contribution is -2.34. The van der Waals surface area contributed by atoms with E-state index in [4.69, 9.17) is 9.05 Å². The highest BCUT2D eigenvalue weighted by molar-refractivity contribution is 7.52. The molecular weight excluding hydrogens is 425 g/mol. The zero-order valence-electron chi connectivity index (χ0n) is 16.9. The minimum absolute atomic E-state index is 0.0638. The van der Waals surface area contributed by atoms with Crippen molar-refractivity contribution in [3.63, 3.8) is 0 Å². The molecule has 0 amide bonds. The van der Waals surface area contributed by atoms with Gasteiger partial charge in [0.2, 0.25) is 0 Å². The van der Waals surface area contributed by atoms with Crippen molar-refractivity contribution < 1.29 is 23.1 Å². The predicted molar refractivity (Wildman–Crippen MR) is 113 cm³/mol. The fraction of sp³-hybridized carbons (Fsp3) is 0.263. The number of para-hydroxylation sites is 1. The van der Waals surface area contributed by atoms with Crippen LogP contribution in [0.5, 0.6) is 5.75 Å². The Kier molecular flexibility index (Phi) is 7.35. The van der Waals surface area contributed by atoms with Crippen LogP contribution in [0.3, 0.4) is 0 Å². The van der Waals surface area contributed by atoms with E-state index in [1.165, 1.54) is 26.7 Å². The van der Waals surface area contributed by atoms with Gasteiger partial charge >= 0.3 is 13.7 Å². The molecule has 0 aliphatic heterocycles. The van der Waals surface area contributed by atoms with Crippen LogP contribution in [0, 0.1) is 0 Å². The van der Waals surface area contributed by atoms with Crippen molar-refractivity contribution in [2.75, 3.05) is 13.7 Å². The average molecular weight is 447 g/mol. The van der Waals surface area contributed by atoms with Crippen LogP contribution in [0.1, 0.15) is 6.92 Å². The Hall–Kier alpha value is -3.27. The third-order valence-corrected chi connectivity index (χ3v) is 5.74. The second kappa shape index (κ2) is 10.2. The normalized spacial score (nSPS) is 14.4. The number of hydrogen-bond acceptors (Lipinski definition) is 8. The van der Waals surface area contributed by atoms with Gasteiger partial charge in [0, 0.05) is 6.54 Å². The molecule has 2 N–H and O–H groups in total. The maximum Gasteiger partial charge on any atom is 0.459 e. The smallest absolute Gasteiger partial charge is 0.459 e. The molecule has 0 radical (unpaired) electrons. The van der Waals surface area contributed by atoms with Crippen LogP contribution < -0.4 is 15.2 Å². The molecule has 0 bridgehead atoms. The number of nitrogens with one attached hydrogen (secondary N) is 2. The first-order valence-corrected chi connectivity index (χ1v) is 10.8. The zero-order valence-corrected chi connectivity index (χ0v) is 17.8. The highest BCUT2D eigenvalue weighted by Gasteiger charge is 2.31. The van der Waals surface area contributed by atoms with E-state index >= 15 is 0 Å². The first kappa shape index (κ1) is 22.4. The van der Waals surface area contributed by atoms with E-state index in [0.717, 1.165) is 0 Å². The summed E-state index contributed by atoms with van der Waals surface area (Å²) in [5.74, 6) is -0.286. The molecule has 11 nitrogen and oxygen atoms in total. The number of fused-ring (bicyclic) bond motifs is 1. The van der Waals surface area contributed by atoms with E-state index in [0.29, 0.717) is 17.9 Å². The Morgan fingerprint density at radius 2 is 2.06 bits per heavy atom. The van der Waals surface area contributed by atoms with E-state index in [2.05, 4.69) is 24.8 Å². The SMILES string of the molecule is COC(=O)C(C)NP(=O)(OC/C=C\Cn1cnc2c(=O)[nH]cnc21)Oc1ccccc1. The highest BCUT2D eigenvalue weighted by atomic mass is 31.2. The van der Waals surface area contributed by atoms with E-state index in [-0.39, 0.29) is 17.7 Å². The number of imidazole rings is 1. The van der Waals surface area contributed by atoms with Gasteiger partial charge in [-0.05, 0) is 19.1 Å². The van der Waals surface area contributed by atoms with Crippen molar-refractivity contribution >= 4 is 24.9 Å². The molecule has 0 aliphatic rings. The molecule has 3 aromatic rings. The molecule has 164 valence electrons. The van der Waals surface area contributed by atoms with Crippen LogP contribution in [0.4, 0.5) is 0 Å². The number of nitrogens with zero attached hydrogens (tertiary/aromatic N) is 3. The molecule has 2 unspecified atom stereocenters. The number of rotatable bonds is 10. The lowest BCUT2D eigenvalue weighted by atomic mass is 10.3. The van der Waals surface area contributed by atoms with Crippen molar-refractivity contribution in [2.45, 2.75) is 19.5 Å². The van der Waals surface area contributed by atoms with Crippen LogP contribution in [0.2, 0.25) is 0 Å². The largest absolute Gasteiger partial charge is 0.468 e. The van der Waals surface area contributed by atoms with E-state index < -0.39 is 19.8 Å². The van der Waals surface area contributed by atoms with Crippen molar-refractivity contribution in [3.05, 3.63) is 65.5 Å². The van der Waals surface area contributed by atoms with Crippen molar-refractivity contribution in [2.24, 2.45) is 0 Å². The Bertz CT molecular complexity index is 1160. The quantitative estimate of drug-likeness (QED) is 0.272. The summed E-state index contributed by atoms with van der Waals surface area (Å²) in [5.41, 5.74) is 0.371. The first-order chi connectivity index (χ1) is 14.9. The number of hydrogen-bond donors (Lipinski definition) is 2. The number of aromatic amines is 1. The van der Waals surface area contributed by atoms with Gasteiger partial charge in [-0.25, -0.2) is 14.5 Å². The summed E-state index contributed by atoms with van der Waals surface area (Å²) in [6.45, 7) is 1.79. The van der Waals surface area contributed by atoms with Crippen molar-refractivity contribution in [1.29, 1.82) is 0 Å². The number of carbonyl (C=O) groups is 1. The number of ether oxygens (including phenoxy) is 1. The monoisotopic (exact) mass is 447 g/mol. The first-order valence-electron chi connectivity index (χ1n) is 9.30. The molecule has 0 saturated heterocycles. The van der Waals surface area contributed by atoms with Crippen LogP contribution in [0.15, 0.2) is 59.9 Å². The van der Waals surface area contributed by atoms with Gasteiger partial charge in [0.1, 0.15) is 11.8 Å². The van der Waals surface area contributed by atoms with Gasteiger partial charge in [0.05, 0.1) is 26.4 Å². The minimum Gasteiger partial charge on any atom is -0.468 e. The Morgan fingerprint density at radius 1 is 1.29 bits per heavy atom. The van der Waals surface area contributed by atoms with Gasteiger partial charge in [0.25, 0.3) is 5.56 Å². The molecule has 2 aromatic heterocycles. The Labute approximate surface area is 177 Å². The molecule has 31 heavy (non-hydrogen) atoms. The van der Waals surface area contributed by atoms with Gasteiger partial charge in [0.15, 0.2) is 11.2 Å². The van der Waals surface area contributed by atoms with Gasteiger partial charge in [-0.15, -0.1) is 0 Å². The second-order valence-electron chi connectivity index (χ2n) is 6.34. The summed E-state index contributed by atoms with van der Waals surface area (Å²) in [6.07, 6.45) is 6.17. The van der Waals surface area contributed by atoms with Gasteiger partial charge < -0.3 is 18.8 Å². The Balaban J connectivity index is 1.64. The number of carbonyl (C=O) groups excluding carboxylic acids is 1. The highest BCUT2D eigenvalue weighted by Crippen LogP contribution is 2.44. The second-order valence-corrected chi connectivity index (χ2v) is 8.04. The van der Waals surface area contributed by atoms with Crippen LogP contribution in [-0.4, -0.2) is 45.2 Å². The summed E-state index contributed by atoms with van der Waals surface area (Å²) in [6, 6.07) is 7.55. The Morgan fingerprint density at radius 3 is 2.81 bits per heavy atom. The molecule has 0 fully saturated rings. The fourth-order valence-electron chi connectivity index (χ4n) is 2.60. The fourth-order valence-corrected chi connectivity index (χ4v) is 4.04. The minimum atomic E-state index is -3.89. The lowest BCUT2D eigenvalue weighted by molar-refractivity contribution is -0.142. The number of allylic oxidation sites excluding steroid dienone is 1. The number of methoxy groups -OCH3 is 1. The molecule has 12 heteroatoms. The third kappa shape index (κ3) is 5.88. The van der Waals surface area contributed by atoms with Crippen LogP contribution in [0.25, 0.3) is 11.2 Å². The van der Waals surface area contributed by atoms with Gasteiger partial charge in [-0.1, -0.05) is 30.4 Å². The summed E-state index contributed by atoms with van der Waals surface area (Å²) in [5, 5.41) is 2.57. The molecular formula is C19H22N5O6P.